The summed E-state index contributed by atoms with van der Waals surface area (Å²) in [5, 5.41) is 8.92. The van der Waals surface area contributed by atoms with Crippen molar-refractivity contribution in [3.8, 4) is 0 Å². The highest BCUT2D eigenvalue weighted by molar-refractivity contribution is 5.83. The number of nitrogens with zero attached hydrogens (tertiary/aromatic N) is 2. The van der Waals surface area contributed by atoms with E-state index in [1.54, 1.807) is 7.05 Å². The number of halogens is 2. The molecule has 1 amide bonds. The molecule has 0 aromatic heterocycles. The molecule has 1 aromatic rings. The van der Waals surface area contributed by atoms with Crippen LogP contribution in [0.1, 0.15) is 37.2 Å². The normalized spacial score (nSPS) is 25.8. The van der Waals surface area contributed by atoms with E-state index in [-0.39, 0.29) is 30.3 Å². The van der Waals surface area contributed by atoms with E-state index in [4.69, 9.17) is 5.11 Å². The first-order valence-electron chi connectivity index (χ1n) is 9.02. The number of hydrogen-bond acceptors (Lipinski definition) is 3. The molecule has 3 unspecified atom stereocenters. The predicted molar refractivity (Wildman–Crippen MR) is 91.7 cm³/mol. The van der Waals surface area contributed by atoms with Gasteiger partial charge in [-0.1, -0.05) is 6.07 Å². The molecule has 1 N–H and O–H groups in total. The van der Waals surface area contributed by atoms with Crippen molar-refractivity contribution in [1.29, 1.82) is 0 Å². The fourth-order valence-electron chi connectivity index (χ4n) is 3.93. The summed E-state index contributed by atoms with van der Waals surface area (Å²) in [5.74, 6) is -2.43. The number of likely N-dealkylation sites (tertiary alicyclic amines) is 1. The predicted octanol–water partition coefficient (Wildman–Crippen LogP) is 2.47. The van der Waals surface area contributed by atoms with Crippen LogP contribution in [-0.4, -0.2) is 59.5 Å². The number of benzene rings is 1. The Morgan fingerprint density at radius 1 is 1.27 bits per heavy atom. The van der Waals surface area contributed by atoms with Crippen molar-refractivity contribution in [3.05, 3.63) is 35.4 Å². The van der Waals surface area contributed by atoms with Gasteiger partial charge < -0.3 is 10.0 Å². The van der Waals surface area contributed by atoms with E-state index in [1.165, 1.54) is 12.1 Å². The summed E-state index contributed by atoms with van der Waals surface area (Å²) in [6, 6.07) is 3.67. The second-order valence-corrected chi connectivity index (χ2v) is 7.33. The molecule has 5 nitrogen and oxygen atoms in total. The Hall–Kier alpha value is -2.02. The van der Waals surface area contributed by atoms with E-state index in [0.29, 0.717) is 25.1 Å². The van der Waals surface area contributed by atoms with Gasteiger partial charge in [-0.2, -0.15) is 0 Å². The lowest BCUT2D eigenvalue weighted by molar-refractivity contribution is -0.138. The van der Waals surface area contributed by atoms with Crippen LogP contribution in [0.25, 0.3) is 0 Å². The van der Waals surface area contributed by atoms with Crippen LogP contribution in [0.3, 0.4) is 0 Å². The molecular formula is C19H24F2N2O3. The molecule has 7 heteroatoms. The third kappa shape index (κ3) is 4.20. The average molecular weight is 366 g/mol. The average Bonchev–Trinajstić information content (AvgIpc) is 3.37. The maximum Gasteiger partial charge on any atom is 0.317 e. The van der Waals surface area contributed by atoms with Crippen LogP contribution < -0.4 is 0 Å². The van der Waals surface area contributed by atoms with Crippen molar-refractivity contribution >= 4 is 11.9 Å². The van der Waals surface area contributed by atoms with Gasteiger partial charge in [-0.15, -0.1) is 0 Å². The van der Waals surface area contributed by atoms with E-state index in [2.05, 4.69) is 0 Å². The Bertz CT molecular complexity index is 697. The first kappa shape index (κ1) is 18.8. The van der Waals surface area contributed by atoms with Crippen molar-refractivity contribution < 1.29 is 23.5 Å². The molecule has 26 heavy (non-hydrogen) atoms. The lowest BCUT2D eigenvalue weighted by atomic mass is 10.1. The van der Waals surface area contributed by atoms with E-state index in [9.17, 15) is 18.4 Å². The highest BCUT2D eigenvalue weighted by Crippen LogP contribution is 2.49. The van der Waals surface area contributed by atoms with Gasteiger partial charge in [0.15, 0.2) is 0 Å². The molecular weight excluding hydrogens is 342 g/mol. The Labute approximate surface area is 151 Å². The van der Waals surface area contributed by atoms with Crippen molar-refractivity contribution in [2.45, 2.75) is 37.6 Å². The number of hydrogen-bond donors (Lipinski definition) is 1. The largest absolute Gasteiger partial charge is 0.480 e. The molecule has 0 bridgehead atoms. The van der Waals surface area contributed by atoms with Crippen molar-refractivity contribution in [1.82, 2.24) is 9.80 Å². The fraction of sp³-hybridized carbons (Fsp3) is 0.579. The third-order valence-corrected chi connectivity index (χ3v) is 5.49. The molecule has 1 aliphatic carbocycles. The molecule has 1 aromatic carbocycles. The van der Waals surface area contributed by atoms with Crippen LogP contribution in [0.4, 0.5) is 8.78 Å². The van der Waals surface area contributed by atoms with Crippen molar-refractivity contribution in [2.75, 3.05) is 26.7 Å². The third-order valence-electron chi connectivity index (χ3n) is 5.49. The van der Waals surface area contributed by atoms with Gasteiger partial charge in [-0.25, -0.2) is 8.78 Å². The van der Waals surface area contributed by atoms with Gasteiger partial charge in [0, 0.05) is 31.1 Å². The number of carbonyl (C=O) groups is 2. The molecule has 1 heterocycles. The maximum atomic E-state index is 13.9. The number of amides is 1. The summed E-state index contributed by atoms with van der Waals surface area (Å²) in [4.78, 5) is 27.3. The SMILES string of the molecule is CN(CC(=O)O)C1CCCN(C(=O)C2CC2c2ccc(F)cc2F)CC1. The smallest absolute Gasteiger partial charge is 0.317 e. The minimum Gasteiger partial charge on any atom is -0.480 e. The van der Waals surface area contributed by atoms with Crippen LogP contribution in [0, 0.1) is 17.6 Å². The summed E-state index contributed by atoms with van der Waals surface area (Å²) >= 11 is 0. The highest BCUT2D eigenvalue weighted by Gasteiger charge is 2.47. The zero-order valence-electron chi connectivity index (χ0n) is 14.8. The molecule has 3 rings (SSSR count). The zero-order valence-corrected chi connectivity index (χ0v) is 14.8. The van der Waals surface area contributed by atoms with Gasteiger partial charge in [-0.05, 0) is 50.3 Å². The molecule has 2 aliphatic rings. The fourth-order valence-corrected chi connectivity index (χ4v) is 3.93. The lowest BCUT2D eigenvalue weighted by Crippen LogP contribution is -2.37. The van der Waals surface area contributed by atoms with Crippen LogP contribution in [0.5, 0.6) is 0 Å². The second-order valence-electron chi connectivity index (χ2n) is 7.33. The quantitative estimate of drug-likeness (QED) is 0.870. The van der Waals surface area contributed by atoms with Crippen LogP contribution in [0.15, 0.2) is 18.2 Å². The summed E-state index contributed by atoms with van der Waals surface area (Å²) in [5.41, 5.74) is 0.415. The molecule has 1 saturated heterocycles. The molecule has 2 fully saturated rings. The van der Waals surface area contributed by atoms with Gasteiger partial charge >= 0.3 is 5.97 Å². The van der Waals surface area contributed by atoms with Gasteiger partial charge in [-0.3, -0.25) is 14.5 Å². The van der Waals surface area contributed by atoms with Crippen LogP contribution in [0.2, 0.25) is 0 Å². The Balaban J connectivity index is 1.57. The van der Waals surface area contributed by atoms with Crippen molar-refractivity contribution in [2.24, 2.45) is 5.92 Å². The van der Waals surface area contributed by atoms with Crippen molar-refractivity contribution in [3.63, 3.8) is 0 Å². The lowest BCUT2D eigenvalue weighted by Gasteiger charge is -2.25. The maximum absolute atomic E-state index is 13.9. The summed E-state index contributed by atoms with van der Waals surface area (Å²) in [6.07, 6.45) is 3.01. The first-order chi connectivity index (χ1) is 12.4. The molecule has 1 saturated carbocycles. The standard InChI is InChI=1S/C19H24F2N2O3/c1-22(11-18(24)25)13-3-2-7-23(8-6-13)19(26)16-10-15(16)14-5-4-12(20)9-17(14)21/h4-5,9,13,15-16H,2-3,6-8,10-11H2,1H3,(H,24,25). The van der Waals surface area contributed by atoms with Gasteiger partial charge in [0.25, 0.3) is 0 Å². The number of carboxylic acids is 1. The highest BCUT2D eigenvalue weighted by atomic mass is 19.1. The minimum atomic E-state index is -0.855. The summed E-state index contributed by atoms with van der Waals surface area (Å²) in [7, 11) is 1.80. The molecule has 0 spiro atoms. The molecule has 0 radical (unpaired) electrons. The van der Waals surface area contributed by atoms with Gasteiger partial charge in [0.05, 0.1) is 6.54 Å². The topological polar surface area (TPSA) is 60.9 Å². The number of aliphatic carboxylic acids is 1. The van der Waals surface area contributed by atoms with E-state index >= 15 is 0 Å². The number of likely N-dealkylation sites (N-methyl/N-ethyl adjacent to an activating group) is 1. The first-order valence-corrected chi connectivity index (χ1v) is 9.02. The van der Waals surface area contributed by atoms with Crippen LogP contribution in [-0.2, 0) is 9.59 Å². The summed E-state index contributed by atoms with van der Waals surface area (Å²) < 4.78 is 27.0. The zero-order chi connectivity index (χ0) is 18.8. The Morgan fingerprint density at radius 3 is 2.73 bits per heavy atom. The van der Waals surface area contributed by atoms with E-state index in [0.717, 1.165) is 25.3 Å². The monoisotopic (exact) mass is 366 g/mol. The number of carboxylic acid groups (broad SMARTS) is 1. The minimum absolute atomic E-state index is 0.00679. The van der Waals surface area contributed by atoms with Gasteiger partial charge in [0.1, 0.15) is 11.6 Å². The molecule has 1 aliphatic heterocycles. The van der Waals surface area contributed by atoms with Crippen LogP contribution >= 0.6 is 0 Å². The Kier molecular flexibility index (Phi) is 5.55. The summed E-state index contributed by atoms with van der Waals surface area (Å²) in [6.45, 7) is 1.22. The van der Waals surface area contributed by atoms with E-state index < -0.39 is 17.6 Å². The van der Waals surface area contributed by atoms with Gasteiger partial charge in [0.2, 0.25) is 5.91 Å². The number of carbonyl (C=O) groups excluding carboxylic acids is 1. The van der Waals surface area contributed by atoms with E-state index in [1.807, 2.05) is 9.80 Å². The number of rotatable bonds is 5. The molecule has 3 atom stereocenters. The second kappa shape index (κ2) is 7.70. The molecule has 142 valence electrons. The Morgan fingerprint density at radius 2 is 2.04 bits per heavy atom.